The minimum atomic E-state index is 1.31. The Hall–Kier alpha value is -2.54. The number of nitrogens with zero attached hydrogens (tertiary/aromatic N) is 1. The summed E-state index contributed by atoms with van der Waals surface area (Å²) >= 11 is 0. The summed E-state index contributed by atoms with van der Waals surface area (Å²) in [6.45, 7) is 6.38. The molecule has 4 aromatic rings. The fourth-order valence-corrected chi connectivity index (χ4v) is 2.98. The molecule has 0 unspecified atom stereocenters. The van der Waals surface area contributed by atoms with Crippen LogP contribution in [-0.4, -0.2) is 4.57 Å². The lowest BCUT2D eigenvalue weighted by Gasteiger charge is -1.97. The third-order valence-corrected chi connectivity index (χ3v) is 4.26. The Bertz CT molecular complexity index is 887. The molecule has 4 rings (SSSR count). The van der Waals surface area contributed by atoms with Crippen molar-refractivity contribution in [2.45, 2.75) is 20.8 Å². The minimum Gasteiger partial charge on any atom is -0.344 e. The van der Waals surface area contributed by atoms with E-state index in [2.05, 4.69) is 80.9 Å². The molecular weight excluding hydrogens is 278 g/mol. The molecule has 1 nitrogen and oxygen atoms in total. The largest absolute Gasteiger partial charge is 0.344 e. The van der Waals surface area contributed by atoms with Gasteiger partial charge in [-0.15, -0.1) is 0 Å². The van der Waals surface area contributed by atoms with Crippen LogP contribution in [0.1, 0.15) is 16.7 Å². The Morgan fingerprint density at radius 1 is 0.565 bits per heavy atom. The Kier molecular flexibility index (Phi) is 4.20. The summed E-state index contributed by atoms with van der Waals surface area (Å²) in [6, 6.07) is 23.6. The van der Waals surface area contributed by atoms with Crippen molar-refractivity contribution >= 4 is 21.8 Å². The first kappa shape index (κ1) is 15.4. The average molecular weight is 301 g/mol. The number of benzene rings is 3. The van der Waals surface area contributed by atoms with Gasteiger partial charge >= 0.3 is 0 Å². The van der Waals surface area contributed by atoms with Gasteiger partial charge in [-0.05, 0) is 45.0 Å². The van der Waals surface area contributed by atoms with Crippen molar-refractivity contribution in [2.24, 2.45) is 7.05 Å². The van der Waals surface area contributed by atoms with Gasteiger partial charge in [-0.3, -0.25) is 0 Å². The third kappa shape index (κ3) is 3.14. The quantitative estimate of drug-likeness (QED) is 0.378. The molecule has 0 aliphatic carbocycles. The maximum absolute atomic E-state index is 2.27. The molecule has 0 bridgehead atoms. The molecule has 0 saturated heterocycles. The number of fused-ring (bicyclic) bond motifs is 3. The SMILES string of the molecule is Cc1ccc2c(c1)c1cc(C)ccc1n2C.Cc1ccccc1. The second kappa shape index (κ2) is 6.29. The Morgan fingerprint density at radius 2 is 1.04 bits per heavy atom. The highest BCUT2D eigenvalue weighted by atomic mass is 14.9. The van der Waals surface area contributed by atoms with Crippen LogP contribution in [0.25, 0.3) is 21.8 Å². The summed E-state index contributed by atoms with van der Waals surface area (Å²) in [5, 5.41) is 2.72. The molecular formula is C22H23N. The van der Waals surface area contributed by atoms with Crippen LogP contribution >= 0.6 is 0 Å². The van der Waals surface area contributed by atoms with E-state index in [9.17, 15) is 0 Å². The first-order valence-electron chi connectivity index (χ1n) is 8.03. The van der Waals surface area contributed by atoms with Crippen LogP contribution < -0.4 is 0 Å². The molecule has 3 aromatic carbocycles. The summed E-state index contributed by atoms with van der Waals surface area (Å²) in [5.41, 5.74) is 6.59. The Morgan fingerprint density at radius 3 is 1.43 bits per heavy atom. The molecule has 0 aliphatic heterocycles. The second-order valence-corrected chi connectivity index (χ2v) is 6.25. The monoisotopic (exact) mass is 301 g/mol. The van der Waals surface area contributed by atoms with E-state index in [1.807, 2.05) is 18.2 Å². The van der Waals surface area contributed by atoms with E-state index < -0.39 is 0 Å². The molecule has 1 heterocycles. The molecule has 1 aromatic heterocycles. The summed E-state index contributed by atoms with van der Waals surface area (Å²) < 4.78 is 2.27. The maximum atomic E-state index is 2.27. The van der Waals surface area contributed by atoms with Gasteiger partial charge in [0.25, 0.3) is 0 Å². The summed E-state index contributed by atoms with van der Waals surface area (Å²) in [7, 11) is 2.13. The molecule has 0 saturated carbocycles. The molecule has 116 valence electrons. The van der Waals surface area contributed by atoms with Gasteiger partial charge in [0.1, 0.15) is 0 Å². The third-order valence-electron chi connectivity index (χ3n) is 4.26. The molecule has 0 atom stereocenters. The summed E-state index contributed by atoms with van der Waals surface area (Å²) in [4.78, 5) is 0. The van der Waals surface area contributed by atoms with Crippen molar-refractivity contribution in [2.75, 3.05) is 0 Å². The predicted octanol–water partition coefficient (Wildman–Crippen LogP) is 5.94. The van der Waals surface area contributed by atoms with Crippen LogP contribution in [0.5, 0.6) is 0 Å². The molecule has 23 heavy (non-hydrogen) atoms. The van der Waals surface area contributed by atoms with Gasteiger partial charge in [0.2, 0.25) is 0 Å². The van der Waals surface area contributed by atoms with Gasteiger partial charge < -0.3 is 4.57 Å². The van der Waals surface area contributed by atoms with Crippen molar-refractivity contribution in [1.29, 1.82) is 0 Å². The van der Waals surface area contributed by atoms with Crippen LogP contribution in [0.2, 0.25) is 0 Å². The van der Waals surface area contributed by atoms with E-state index in [1.54, 1.807) is 0 Å². The lowest BCUT2D eigenvalue weighted by molar-refractivity contribution is 1.01. The Balaban J connectivity index is 0.000000188. The maximum Gasteiger partial charge on any atom is 0.0488 e. The lowest BCUT2D eigenvalue weighted by atomic mass is 10.1. The van der Waals surface area contributed by atoms with Gasteiger partial charge in [-0.2, -0.15) is 0 Å². The van der Waals surface area contributed by atoms with Crippen LogP contribution in [-0.2, 0) is 7.05 Å². The average Bonchev–Trinajstić information content (AvgIpc) is 2.81. The minimum absolute atomic E-state index is 1.31. The lowest BCUT2D eigenvalue weighted by Crippen LogP contribution is -1.86. The number of aryl methyl sites for hydroxylation is 4. The molecule has 1 heteroatoms. The van der Waals surface area contributed by atoms with Crippen LogP contribution in [0.3, 0.4) is 0 Å². The van der Waals surface area contributed by atoms with Gasteiger partial charge in [-0.25, -0.2) is 0 Å². The van der Waals surface area contributed by atoms with E-state index in [-0.39, 0.29) is 0 Å². The first-order valence-corrected chi connectivity index (χ1v) is 8.03. The normalized spacial score (nSPS) is 10.6. The second-order valence-electron chi connectivity index (χ2n) is 6.25. The van der Waals surface area contributed by atoms with Gasteiger partial charge in [-0.1, -0.05) is 59.2 Å². The fourth-order valence-electron chi connectivity index (χ4n) is 2.98. The number of rotatable bonds is 0. The zero-order chi connectivity index (χ0) is 16.4. The number of hydrogen-bond donors (Lipinski definition) is 0. The molecule has 0 fully saturated rings. The zero-order valence-corrected chi connectivity index (χ0v) is 14.3. The highest BCUT2D eigenvalue weighted by Crippen LogP contribution is 2.29. The summed E-state index contributed by atoms with van der Waals surface area (Å²) in [6.07, 6.45) is 0. The molecule has 0 spiro atoms. The van der Waals surface area contributed by atoms with E-state index >= 15 is 0 Å². The van der Waals surface area contributed by atoms with E-state index in [0.717, 1.165) is 0 Å². The smallest absolute Gasteiger partial charge is 0.0488 e. The molecule has 0 aliphatic rings. The van der Waals surface area contributed by atoms with Gasteiger partial charge in [0.05, 0.1) is 0 Å². The van der Waals surface area contributed by atoms with E-state index in [4.69, 9.17) is 0 Å². The van der Waals surface area contributed by atoms with Crippen molar-refractivity contribution in [3.05, 3.63) is 83.4 Å². The van der Waals surface area contributed by atoms with Crippen molar-refractivity contribution in [1.82, 2.24) is 4.57 Å². The van der Waals surface area contributed by atoms with Crippen molar-refractivity contribution in [3.8, 4) is 0 Å². The number of aromatic nitrogens is 1. The molecule has 0 amide bonds. The topological polar surface area (TPSA) is 4.93 Å². The van der Waals surface area contributed by atoms with Gasteiger partial charge in [0, 0.05) is 28.9 Å². The predicted molar refractivity (Wildman–Crippen MR) is 101 cm³/mol. The van der Waals surface area contributed by atoms with Crippen molar-refractivity contribution in [3.63, 3.8) is 0 Å². The molecule has 0 radical (unpaired) electrons. The van der Waals surface area contributed by atoms with Crippen LogP contribution in [0.15, 0.2) is 66.7 Å². The van der Waals surface area contributed by atoms with Gasteiger partial charge in [0.15, 0.2) is 0 Å². The van der Waals surface area contributed by atoms with Crippen LogP contribution in [0.4, 0.5) is 0 Å². The standard InChI is InChI=1S/C15H15N.C7H8/c1-10-4-6-14-12(8-10)13-9-11(2)5-7-15(13)16(14)3;1-7-5-3-2-4-6-7/h4-9H,1-3H3;2-6H,1H3. The van der Waals surface area contributed by atoms with E-state index in [0.29, 0.717) is 0 Å². The summed E-state index contributed by atoms with van der Waals surface area (Å²) in [5.74, 6) is 0. The highest BCUT2D eigenvalue weighted by molar-refractivity contribution is 6.08. The Labute approximate surface area is 138 Å². The number of hydrogen-bond acceptors (Lipinski definition) is 0. The van der Waals surface area contributed by atoms with Crippen LogP contribution in [0, 0.1) is 20.8 Å². The molecule has 0 N–H and O–H groups in total. The fraction of sp³-hybridized carbons (Fsp3) is 0.182. The van der Waals surface area contributed by atoms with Crippen molar-refractivity contribution < 1.29 is 0 Å². The zero-order valence-electron chi connectivity index (χ0n) is 14.3. The first-order chi connectivity index (χ1) is 11.1. The highest BCUT2D eigenvalue weighted by Gasteiger charge is 2.07. The van der Waals surface area contributed by atoms with E-state index in [1.165, 1.54) is 38.5 Å².